The molecule has 112 valence electrons. The van der Waals surface area contributed by atoms with Crippen LogP contribution in [-0.2, 0) is 4.79 Å². The lowest BCUT2D eigenvalue weighted by Gasteiger charge is -2.08. The number of carbonyl (C=O) groups is 1. The zero-order valence-corrected chi connectivity index (χ0v) is 12.9. The Balaban J connectivity index is 1.60. The topological polar surface area (TPSA) is 68.0 Å². The summed E-state index contributed by atoms with van der Waals surface area (Å²) in [5.74, 6) is 1.86. The highest BCUT2D eigenvalue weighted by molar-refractivity contribution is 7.14. The molecule has 1 aliphatic rings. The highest BCUT2D eigenvalue weighted by atomic mass is 32.1. The summed E-state index contributed by atoms with van der Waals surface area (Å²) in [7, 11) is 0. The molecule has 1 saturated carbocycles. The Morgan fingerprint density at radius 1 is 1.48 bits per heavy atom. The fraction of sp³-hybridized carbons (Fsp3) is 0.533. The molecule has 0 radical (unpaired) electrons. The maximum absolute atomic E-state index is 12.1. The monoisotopic (exact) mass is 305 g/mol. The Morgan fingerprint density at radius 3 is 3.00 bits per heavy atom. The number of nitrogens with one attached hydrogen (secondary N) is 1. The van der Waals surface area contributed by atoms with Gasteiger partial charge in [0.1, 0.15) is 4.88 Å². The normalized spacial score (nSPS) is 15.5. The van der Waals surface area contributed by atoms with Crippen molar-refractivity contribution in [3.8, 4) is 10.8 Å². The second-order valence-electron chi connectivity index (χ2n) is 5.55. The first kappa shape index (κ1) is 14.3. The van der Waals surface area contributed by atoms with E-state index in [0.29, 0.717) is 18.1 Å². The van der Waals surface area contributed by atoms with E-state index in [0.717, 1.165) is 22.9 Å². The fourth-order valence-electron chi connectivity index (χ4n) is 2.81. The van der Waals surface area contributed by atoms with Crippen LogP contribution in [0.3, 0.4) is 0 Å². The number of nitrogens with zero attached hydrogens (tertiary/aromatic N) is 2. The van der Waals surface area contributed by atoms with Gasteiger partial charge in [0.15, 0.2) is 5.82 Å². The van der Waals surface area contributed by atoms with Crippen LogP contribution in [0.1, 0.15) is 44.3 Å². The minimum Gasteiger partial charge on any atom is -0.333 e. The molecule has 6 heteroatoms. The van der Waals surface area contributed by atoms with E-state index < -0.39 is 0 Å². The summed E-state index contributed by atoms with van der Waals surface area (Å²) in [6, 6.07) is 1.88. The minimum absolute atomic E-state index is 0.0674. The van der Waals surface area contributed by atoms with E-state index in [9.17, 15) is 4.79 Å². The summed E-state index contributed by atoms with van der Waals surface area (Å²) in [4.78, 5) is 17.1. The number of aryl methyl sites for hydroxylation is 1. The summed E-state index contributed by atoms with van der Waals surface area (Å²) in [5, 5.41) is 8.67. The number of aromatic nitrogens is 2. The average molecular weight is 305 g/mol. The van der Waals surface area contributed by atoms with E-state index in [-0.39, 0.29) is 5.91 Å². The molecule has 0 saturated heterocycles. The molecule has 0 aliphatic heterocycles. The molecule has 1 fully saturated rings. The van der Waals surface area contributed by atoms with Gasteiger partial charge in [-0.05, 0) is 30.7 Å². The van der Waals surface area contributed by atoms with Crippen molar-refractivity contribution in [2.75, 3.05) is 5.32 Å². The molecule has 2 aromatic heterocycles. The van der Waals surface area contributed by atoms with E-state index in [1.165, 1.54) is 37.0 Å². The van der Waals surface area contributed by atoms with Crippen molar-refractivity contribution >= 4 is 22.9 Å². The lowest BCUT2D eigenvalue weighted by molar-refractivity contribution is -0.116. The van der Waals surface area contributed by atoms with E-state index in [1.807, 2.05) is 11.4 Å². The number of hydrogen-bond donors (Lipinski definition) is 1. The number of anilines is 1. The SMILES string of the molecule is Cc1noc(-c2sccc2NC(=O)CCC2CCCC2)n1. The number of thiophene rings is 1. The third-order valence-corrected chi connectivity index (χ3v) is 4.82. The first-order valence-corrected chi connectivity index (χ1v) is 8.28. The maximum atomic E-state index is 12.1. The van der Waals surface area contributed by atoms with Crippen LogP contribution in [0.2, 0.25) is 0 Å². The van der Waals surface area contributed by atoms with Crippen molar-refractivity contribution < 1.29 is 9.32 Å². The Kier molecular flexibility index (Phi) is 4.34. The maximum Gasteiger partial charge on any atom is 0.270 e. The summed E-state index contributed by atoms with van der Waals surface area (Å²) >= 11 is 1.49. The van der Waals surface area contributed by atoms with Crippen LogP contribution in [0.25, 0.3) is 10.8 Å². The van der Waals surface area contributed by atoms with Gasteiger partial charge in [-0.15, -0.1) is 11.3 Å². The lowest BCUT2D eigenvalue weighted by Crippen LogP contribution is -2.12. The molecule has 5 nitrogen and oxygen atoms in total. The van der Waals surface area contributed by atoms with Crippen molar-refractivity contribution in [3.63, 3.8) is 0 Å². The lowest BCUT2D eigenvalue weighted by atomic mass is 10.0. The summed E-state index contributed by atoms with van der Waals surface area (Å²) in [5.41, 5.74) is 0.764. The van der Waals surface area contributed by atoms with Crippen LogP contribution in [0.4, 0.5) is 5.69 Å². The highest BCUT2D eigenvalue weighted by Gasteiger charge is 2.18. The van der Waals surface area contributed by atoms with E-state index in [2.05, 4.69) is 15.5 Å². The molecule has 2 aromatic rings. The van der Waals surface area contributed by atoms with E-state index >= 15 is 0 Å². The van der Waals surface area contributed by atoms with E-state index in [4.69, 9.17) is 4.52 Å². The molecule has 0 aromatic carbocycles. The van der Waals surface area contributed by atoms with Crippen LogP contribution in [0, 0.1) is 12.8 Å². The summed E-state index contributed by atoms with van der Waals surface area (Å²) in [6.07, 6.45) is 6.76. The molecule has 3 rings (SSSR count). The van der Waals surface area contributed by atoms with Crippen molar-refractivity contribution in [3.05, 3.63) is 17.3 Å². The third-order valence-electron chi connectivity index (χ3n) is 3.92. The number of hydrogen-bond acceptors (Lipinski definition) is 5. The zero-order chi connectivity index (χ0) is 14.7. The van der Waals surface area contributed by atoms with Gasteiger partial charge in [0.05, 0.1) is 5.69 Å². The Labute approximate surface area is 127 Å². The predicted molar refractivity (Wildman–Crippen MR) is 82.2 cm³/mol. The quantitative estimate of drug-likeness (QED) is 0.906. The summed E-state index contributed by atoms with van der Waals surface area (Å²) < 4.78 is 5.17. The number of carbonyl (C=O) groups excluding carboxylic acids is 1. The van der Waals surface area contributed by atoms with Crippen LogP contribution in [0.15, 0.2) is 16.0 Å². The van der Waals surface area contributed by atoms with Crippen molar-refractivity contribution in [2.24, 2.45) is 5.92 Å². The van der Waals surface area contributed by atoms with Crippen LogP contribution in [0.5, 0.6) is 0 Å². The molecular weight excluding hydrogens is 286 g/mol. The third kappa shape index (κ3) is 3.50. The van der Waals surface area contributed by atoms with Gasteiger partial charge in [0.2, 0.25) is 5.91 Å². The van der Waals surface area contributed by atoms with Crippen molar-refractivity contribution in [1.82, 2.24) is 10.1 Å². The Morgan fingerprint density at radius 2 is 2.29 bits per heavy atom. The molecule has 0 bridgehead atoms. The predicted octanol–water partition coefficient (Wildman–Crippen LogP) is 4.02. The largest absolute Gasteiger partial charge is 0.333 e. The molecule has 1 N–H and O–H groups in total. The number of amides is 1. The van der Waals surface area contributed by atoms with Crippen molar-refractivity contribution in [2.45, 2.75) is 45.4 Å². The highest BCUT2D eigenvalue weighted by Crippen LogP contribution is 2.33. The molecule has 2 heterocycles. The van der Waals surface area contributed by atoms with Gasteiger partial charge in [-0.3, -0.25) is 4.79 Å². The van der Waals surface area contributed by atoms with Gasteiger partial charge < -0.3 is 9.84 Å². The molecule has 0 atom stereocenters. The first-order valence-electron chi connectivity index (χ1n) is 7.40. The molecule has 0 unspecified atom stereocenters. The van der Waals surface area contributed by atoms with Gasteiger partial charge in [-0.2, -0.15) is 4.98 Å². The molecule has 0 spiro atoms. The molecule has 1 amide bonds. The fourth-order valence-corrected chi connectivity index (χ4v) is 3.58. The number of rotatable bonds is 5. The molecule has 21 heavy (non-hydrogen) atoms. The van der Waals surface area contributed by atoms with Crippen LogP contribution < -0.4 is 5.32 Å². The molecular formula is C15H19N3O2S. The zero-order valence-electron chi connectivity index (χ0n) is 12.1. The summed E-state index contributed by atoms with van der Waals surface area (Å²) in [6.45, 7) is 1.78. The molecule has 1 aliphatic carbocycles. The van der Waals surface area contributed by atoms with E-state index in [1.54, 1.807) is 6.92 Å². The smallest absolute Gasteiger partial charge is 0.270 e. The van der Waals surface area contributed by atoms with Gasteiger partial charge in [-0.1, -0.05) is 30.8 Å². The Hall–Kier alpha value is -1.69. The van der Waals surface area contributed by atoms with Crippen LogP contribution in [-0.4, -0.2) is 16.0 Å². The van der Waals surface area contributed by atoms with Gasteiger partial charge in [0.25, 0.3) is 5.89 Å². The van der Waals surface area contributed by atoms with Gasteiger partial charge in [0, 0.05) is 6.42 Å². The standard InChI is InChI=1S/C15H19N3O2S/c1-10-16-15(20-18-10)14-12(8-9-21-14)17-13(19)7-6-11-4-2-3-5-11/h8-9,11H,2-7H2,1H3,(H,17,19). The average Bonchev–Trinajstić information content (AvgIpc) is 3.17. The minimum atomic E-state index is 0.0674. The van der Waals surface area contributed by atoms with Gasteiger partial charge >= 0.3 is 0 Å². The first-order chi connectivity index (χ1) is 10.2. The van der Waals surface area contributed by atoms with Crippen LogP contribution >= 0.6 is 11.3 Å². The van der Waals surface area contributed by atoms with Crippen molar-refractivity contribution in [1.29, 1.82) is 0 Å². The Bertz CT molecular complexity index is 614. The van der Waals surface area contributed by atoms with Gasteiger partial charge in [-0.25, -0.2) is 0 Å². The second-order valence-corrected chi connectivity index (χ2v) is 6.46. The second kappa shape index (κ2) is 6.39.